The van der Waals surface area contributed by atoms with E-state index in [1.54, 1.807) is 0 Å². The number of carbonyl (C=O) groups is 3. The third kappa shape index (κ3) is 3.59. The Balaban J connectivity index is 2.31. The van der Waals surface area contributed by atoms with Gasteiger partial charge in [0.25, 0.3) is 5.91 Å². The Bertz CT molecular complexity index is 684. The molecule has 9 nitrogen and oxygen atoms in total. The molecule has 1 aromatic heterocycles. The maximum absolute atomic E-state index is 12.4. The number of esters is 1. The molecular weight excluding hydrogens is 322 g/mol. The minimum absolute atomic E-state index is 0.0421. The topological polar surface area (TPSA) is 131 Å². The summed E-state index contributed by atoms with van der Waals surface area (Å²) in [6.45, 7) is 3.81. The minimum atomic E-state index is -0.711. The molecule has 0 bridgehead atoms. The SMILES string of the molecule is C=CCN1C(=O)[C@H](CC(=O)OC)SC1=Nc1nc[nH]c1C(N)=O. The summed E-state index contributed by atoms with van der Waals surface area (Å²) in [5.74, 6) is -1.40. The van der Waals surface area contributed by atoms with Gasteiger partial charge in [-0.2, -0.15) is 0 Å². The van der Waals surface area contributed by atoms with Crippen molar-refractivity contribution in [1.82, 2.24) is 14.9 Å². The summed E-state index contributed by atoms with van der Waals surface area (Å²) in [5.41, 5.74) is 5.26. The average molecular weight is 337 g/mol. The fourth-order valence-corrected chi connectivity index (χ4v) is 3.03. The van der Waals surface area contributed by atoms with Gasteiger partial charge in [0.05, 0.1) is 19.9 Å². The Hall–Kier alpha value is -2.62. The second-order valence-corrected chi connectivity index (χ2v) is 5.65. The van der Waals surface area contributed by atoms with Gasteiger partial charge in [-0.25, -0.2) is 9.98 Å². The van der Waals surface area contributed by atoms with Crippen LogP contribution in [-0.2, 0) is 14.3 Å². The molecule has 0 saturated carbocycles. The second kappa shape index (κ2) is 7.09. The Morgan fingerprint density at radius 2 is 2.39 bits per heavy atom. The van der Waals surface area contributed by atoms with Gasteiger partial charge >= 0.3 is 5.97 Å². The lowest BCUT2D eigenvalue weighted by Gasteiger charge is -2.13. The van der Waals surface area contributed by atoms with E-state index in [4.69, 9.17) is 5.73 Å². The van der Waals surface area contributed by atoms with Crippen molar-refractivity contribution in [2.75, 3.05) is 13.7 Å². The Morgan fingerprint density at radius 1 is 1.65 bits per heavy atom. The number of aliphatic imine (C=N–C) groups is 1. The van der Waals surface area contributed by atoms with E-state index in [1.165, 1.54) is 24.4 Å². The molecule has 122 valence electrons. The van der Waals surface area contributed by atoms with Crippen LogP contribution in [0.15, 0.2) is 24.0 Å². The number of hydrogen-bond acceptors (Lipinski definition) is 7. The molecule has 0 spiro atoms. The summed E-state index contributed by atoms with van der Waals surface area (Å²) in [7, 11) is 1.26. The van der Waals surface area contributed by atoms with Crippen molar-refractivity contribution < 1.29 is 19.1 Å². The molecule has 0 aliphatic carbocycles. The largest absolute Gasteiger partial charge is 0.469 e. The highest BCUT2D eigenvalue weighted by Gasteiger charge is 2.39. The molecule has 10 heteroatoms. The highest BCUT2D eigenvalue weighted by molar-refractivity contribution is 8.15. The first-order chi connectivity index (χ1) is 11.0. The molecule has 1 aromatic rings. The third-order valence-electron chi connectivity index (χ3n) is 2.98. The lowest BCUT2D eigenvalue weighted by atomic mass is 10.2. The van der Waals surface area contributed by atoms with Crippen LogP contribution in [0, 0.1) is 0 Å². The molecular formula is C13H15N5O4S. The van der Waals surface area contributed by atoms with E-state index in [2.05, 4.69) is 26.3 Å². The van der Waals surface area contributed by atoms with Crippen LogP contribution in [0.2, 0.25) is 0 Å². The number of amidine groups is 1. The molecule has 0 unspecified atom stereocenters. The summed E-state index contributed by atoms with van der Waals surface area (Å²) in [4.78, 5) is 47.1. The average Bonchev–Trinajstić information content (AvgIpc) is 3.08. The molecule has 1 atom stereocenters. The number of imidazole rings is 1. The minimum Gasteiger partial charge on any atom is -0.469 e. The van der Waals surface area contributed by atoms with Gasteiger partial charge in [-0.05, 0) is 0 Å². The van der Waals surface area contributed by atoms with Crippen molar-refractivity contribution in [1.29, 1.82) is 0 Å². The van der Waals surface area contributed by atoms with E-state index in [0.29, 0.717) is 5.17 Å². The number of primary amides is 1. The maximum Gasteiger partial charge on any atom is 0.307 e. The number of thioether (sulfide) groups is 1. The van der Waals surface area contributed by atoms with Crippen LogP contribution in [-0.4, -0.2) is 56.7 Å². The van der Waals surface area contributed by atoms with Gasteiger partial charge in [0.2, 0.25) is 5.91 Å². The number of ether oxygens (including phenoxy) is 1. The zero-order valence-electron chi connectivity index (χ0n) is 12.3. The van der Waals surface area contributed by atoms with Crippen LogP contribution in [0.25, 0.3) is 0 Å². The lowest BCUT2D eigenvalue weighted by Crippen LogP contribution is -2.33. The molecule has 2 rings (SSSR count). The number of H-pyrrole nitrogens is 1. The summed E-state index contributed by atoms with van der Waals surface area (Å²) in [6.07, 6.45) is 2.74. The van der Waals surface area contributed by atoms with Crippen LogP contribution in [0.5, 0.6) is 0 Å². The van der Waals surface area contributed by atoms with Crippen LogP contribution in [0.4, 0.5) is 5.82 Å². The summed E-state index contributed by atoms with van der Waals surface area (Å²) >= 11 is 1.10. The number of amides is 2. The first-order valence-corrected chi connectivity index (χ1v) is 7.43. The van der Waals surface area contributed by atoms with Crippen LogP contribution < -0.4 is 5.73 Å². The molecule has 2 amide bonds. The van der Waals surface area contributed by atoms with Gasteiger partial charge in [0.1, 0.15) is 5.25 Å². The molecule has 23 heavy (non-hydrogen) atoms. The molecule has 1 aliphatic heterocycles. The Kier molecular flexibility index (Phi) is 5.16. The predicted molar refractivity (Wildman–Crippen MR) is 84.1 cm³/mol. The fourth-order valence-electron chi connectivity index (χ4n) is 1.90. The number of nitrogens with one attached hydrogen (secondary N) is 1. The molecule has 1 saturated heterocycles. The van der Waals surface area contributed by atoms with E-state index in [1.807, 2.05) is 0 Å². The third-order valence-corrected chi connectivity index (χ3v) is 4.15. The first kappa shape index (κ1) is 16.7. The smallest absolute Gasteiger partial charge is 0.307 e. The number of methoxy groups -OCH3 is 1. The van der Waals surface area contributed by atoms with Crippen molar-refractivity contribution in [3.8, 4) is 0 Å². The molecule has 0 radical (unpaired) electrons. The van der Waals surface area contributed by atoms with E-state index in [9.17, 15) is 14.4 Å². The van der Waals surface area contributed by atoms with Gasteiger partial charge in [-0.1, -0.05) is 17.8 Å². The predicted octanol–water partition coefficient (Wildman–Crippen LogP) is 0.189. The molecule has 0 aromatic carbocycles. The Morgan fingerprint density at radius 3 is 3.00 bits per heavy atom. The molecule has 3 N–H and O–H groups in total. The zero-order chi connectivity index (χ0) is 17.0. The van der Waals surface area contributed by atoms with E-state index < -0.39 is 17.1 Å². The highest BCUT2D eigenvalue weighted by atomic mass is 32.2. The number of rotatable bonds is 6. The normalized spacial score (nSPS) is 19.2. The Labute approximate surface area is 136 Å². The number of nitrogens with two attached hydrogens (primary N) is 1. The van der Waals surface area contributed by atoms with E-state index in [0.717, 1.165) is 11.8 Å². The van der Waals surface area contributed by atoms with Gasteiger partial charge in [-0.3, -0.25) is 19.3 Å². The fraction of sp³-hybridized carbons (Fsp3) is 0.308. The molecule has 1 fully saturated rings. The standard InChI is InChI=1S/C13H15N5O4S/c1-3-4-18-12(21)7(5-8(19)22-2)23-13(18)17-11-9(10(14)20)15-6-16-11/h3,6-7H,1,4-5H2,2H3,(H2,14,20)(H,15,16)/t7-/m0/s1. The van der Waals surface area contributed by atoms with Gasteiger partial charge in [-0.15, -0.1) is 6.58 Å². The molecule has 1 aliphatic rings. The number of aromatic amines is 1. The van der Waals surface area contributed by atoms with E-state index in [-0.39, 0.29) is 30.4 Å². The van der Waals surface area contributed by atoms with Crippen molar-refractivity contribution in [3.63, 3.8) is 0 Å². The molecule has 2 heterocycles. The number of nitrogens with zero attached hydrogens (tertiary/aromatic N) is 3. The van der Waals surface area contributed by atoms with Crippen molar-refractivity contribution in [3.05, 3.63) is 24.7 Å². The highest BCUT2D eigenvalue weighted by Crippen LogP contribution is 2.31. The van der Waals surface area contributed by atoms with Crippen LogP contribution in [0.3, 0.4) is 0 Å². The van der Waals surface area contributed by atoms with Gasteiger partial charge < -0.3 is 15.5 Å². The van der Waals surface area contributed by atoms with Crippen molar-refractivity contribution >= 4 is 40.5 Å². The lowest BCUT2D eigenvalue weighted by molar-refractivity contribution is -0.142. The van der Waals surface area contributed by atoms with Crippen LogP contribution in [0.1, 0.15) is 16.9 Å². The van der Waals surface area contributed by atoms with Crippen molar-refractivity contribution in [2.24, 2.45) is 10.7 Å². The monoisotopic (exact) mass is 337 g/mol. The zero-order valence-corrected chi connectivity index (χ0v) is 13.1. The number of hydrogen-bond donors (Lipinski definition) is 2. The van der Waals surface area contributed by atoms with Gasteiger partial charge in [0.15, 0.2) is 16.7 Å². The number of aromatic nitrogens is 2. The quantitative estimate of drug-likeness (QED) is 0.563. The van der Waals surface area contributed by atoms with E-state index >= 15 is 0 Å². The van der Waals surface area contributed by atoms with Gasteiger partial charge in [0, 0.05) is 6.54 Å². The second-order valence-electron chi connectivity index (χ2n) is 4.48. The maximum atomic E-state index is 12.4. The summed E-state index contributed by atoms with van der Waals surface area (Å²) < 4.78 is 4.59. The summed E-state index contributed by atoms with van der Waals surface area (Å²) in [5, 5.41) is -0.324. The van der Waals surface area contributed by atoms with Crippen molar-refractivity contribution in [2.45, 2.75) is 11.7 Å². The first-order valence-electron chi connectivity index (χ1n) is 6.55. The van der Waals surface area contributed by atoms with Crippen LogP contribution >= 0.6 is 11.8 Å². The number of carbonyl (C=O) groups excluding carboxylic acids is 3. The summed E-state index contributed by atoms with van der Waals surface area (Å²) in [6, 6.07) is 0.